The Morgan fingerprint density at radius 3 is 2.61 bits per heavy atom. The molecule has 0 radical (unpaired) electrons. The summed E-state index contributed by atoms with van der Waals surface area (Å²) in [7, 11) is 0. The number of rotatable bonds is 2. The summed E-state index contributed by atoms with van der Waals surface area (Å²) in [6, 6.07) is 2.02. The number of carbonyl (C=O) groups is 1. The minimum Gasteiger partial charge on any atom is -0.349 e. The number of nitrogens with one attached hydrogen (secondary N) is 1. The molecule has 0 aromatic heterocycles. The van der Waals surface area contributed by atoms with Gasteiger partial charge in [0.2, 0.25) is 0 Å². The van der Waals surface area contributed by atoms with Crippen molar-refractivity contribution in [2.75, 3.05) is 0 Å². The number of alkyl halides is 2. The van der Waals surface area contributed by atoms with Gasteiger partial charge in [-0.05, 0) is 24.6 Å². The lowest BCUT2D eigenvalue weighted by Gasteiger charge is -2.35. The van der Waals surface area contributed by atoms with Gasteiger partial charge in [-0.1, -0.05) is 15.9 Å². The SMILES string of the molecule is Cc1cc(C(=O)NC2CC(F)(F)C2)c(F)cc1Br. The van der Waals surface area contributed by atoms with Crippen molar-refractivity contribution in [2.45, 2.75) is 31.7 Å². The summed E-state index contributed by atoms with van der Waals surface area (Å²) in [4.78, 5) is 11.7. The number of carbonyl (C=O) groups excluding carboxylic acids is 1. The van der Waals surface area contributed by atoms with Crippen LogP contribution in [0.15, 0.2) is 16.6 Å². The van der Waals surface area contributed by atoms with Crippen molar-refractivity contribution in [1.82, 2.24) is 5.32 Å². The molecule has 0 unspecified atom stereocenters. The van der Waals surface area contributed by atoms with E-state index in [0.29, 0.717) is 10.0 Å². The van der Waals surface area contributed by atoms with Crippen LogP contribution in [0.1, 0.15) is 28.8 Å². The average Bonchev–Trinajstić information content (AvgIpc) is 2.20. The summed E-state index contributed by atoms with van der Waals surface area (Å²) in [5.41, 5.74) is 0.589. The fourth-order valence-corrected chi connectivity index (χ4v) is 2.17. The summed E-state index contributed by atoms with van der Waals surface area (Å²) >= 11 is 3.15. The van der Waals surface area contributed by atoms with Crippen molar-refractivity contribution >= 4 is 21.8 Å². The molecule has 2 nitrogen and oxygen atoms in total. The van der Waals surface area contributed by atoms with Crippen molar-refractivity contribution in [2.24, 2.45) is 0 Å². The zero-order valence-corrected chi connectivity index (χ0v) is 11.2. The Labute approximate surface area is 111 Å². The molecule has 2 rings (SSSR count). The monoisotopic (exact) mass is 321 g/mol. The summed E-state index contributed by atoms with van der Waals surface area (Å²) in [5, 5.41) is 2.40. The van der Waals surface area contributed by atoms with Crippen LogP contribution in [0.3, 0.4) is 0 Å². The molecule has 98 valence electrons. The highest BCUT2D eigenvalue weighted by molar-refractivity contribution is 9.10. The molecule has 1 aromatic rings. The molecule has 1 N–H and O–H groups in total. The Balaban J connectivity index is 2.08. The predicted octanol–water partition coefficient (Wildman–Crippen LogP) is 3.42. The Morgan fingerprint density at radius 2 is 2.06 bits per heavy atom. The van der Waals surface area contributed by atoms with Crippen molar-refractivity contribution in [3.8, 4) is 0 Å². The molecule has 18 heavy (non-hydrogen) atoms. The zero-order valence-electron chi connectivity index (χ0n) is 9.57. The molecule has 1 saturated carbocycles. The second kappa shape index (κ2) is 4.57. The van der Waals surface area contributed by atoms with Crippen molar-refractivity contribution in [3.63, 3.8) is 0 Å². The molecule has 0 atom stereocenters. The van der Waals surface area contributed by atoms with Gasteiger partial charge in [-0.15, -0.1) is 0 Å². The first-order valence-corrected chi connectivity index (χ1v) is 6.22. The second-order valence-electron chi connectivity index (χ2n) is 4.52. The van der Waals surface area contributed by atoms with Crippen LogP contribution in [-0.4, -0.2) is 17.9 Å². The molecular weight excluding hydrogens is 311 g/mol. The van der Waals surface area contributed by atoms with Crippen LogP contribution in [-0.2, 0) is 0 Å². The van der Waals surface area contributed by atoms with Crippen LogP contribution in [0, 0.1) is 12.7 Å². The fourth-order valence-electron chi connectivity index (χ4n) is 1.86. The summed E-state index contributed by atoms with van der Waals surface area (Å²) in [6.07, 6.45) is -0.758. The lowest BCUT2D eigenvalue weighted by Crippen LogP contribution is -2.50. The molecule has 1 aliphatic carbocycles. The lowest BCUT2D eigenvalue weighted by molar-refractivity contribution is -0.0901. The number of hydrogen-bond acceptors (Lipinski definition) is 1. The third kappa shape index (κ3) is 2.68. The Hall–Kier alpha value is -1.04. The highest BCUT2D eigenvalue weighted by atomic mass is 79.9. The van der Waals surface area contributed by atoms with E-state index in [9.17, 15) is 18.0 Å². The summed E-state index contributed by atoms with van der Waals surface area (Å²) in [6.45, 7) is 1.72. The Kier molecular flexibility index (Phi) is 3.40. The van der Waals surface area contributed by atoms with E-state index in [1.54, 1.807) is 6.92 Å². The first-order chi connectivity index (χ1) is 8.28. The zero-order chi connectivity index (χ0) is 13.5. The maximum absolute atomic E-state index is 13.6. The van der Waals surface area contributed by atoms with Crippen LogP contribution in [0.2, 0.25) is 0 Å². The molecule has 1 fully saturated rings. The largest absolute Gasteiger partial charge is 0.349 e. The van der Waals surface area contributed by atoms with Gasteiger partial charge in [0, 0.05) is 23.4 Å². The van der Waals surface area contributed by atoms with Crippen LogP contribution in [0.5, 0.6) is 0 Å². The number of hydrogen-bond donors (Lipinski definition) is 1. The molecular formula is C12H11BrF3NO. The number of amides is 1. The van der Waals surface area contributed by atoms with E-state index in [1.165, 1.54) is 12.1 Å². The van der Waals surface area contributed by atoms with Gasteiger partial charge < -0.3 is 5.32 Å². The Morgan fingerprint density at radius 1 is 1.44 bits per heavy atom. The minimum atomic E-state index is -2.70. The molecule has 6 heteroatoms. The maximum atomic E-state index is 13.6. The van der Waals surface area contributed by atoms with Gasteiger partial charge in [-0.2, -0.15) is 0 Å². The van der Waals surface area contributed by atoms with E-state index in [0.717, 1.165) is 0 Å². The summed E-state index contributed by atoms with van der Waals surface area (Å²) in [5.74, 6) is -4.02. The molecule has 1 aliphatic rings. The normalized spacial score (nSPS) is 18.3. The quantitative estimate of drug-likeness (QED) is 0.888. The van der Waals surface area contributed by atoms with Crippen molar-refractivity contribution in [3.05, 3.63) is 33.5 Å². The topological polar surface area (TPSA) is 29.1 Å². The van der Waals surface area contributed by atoms with E-state index in [-0.39, 0.29) is 18.4 Å². The molecule has 1 aromatic carbocycles. The van der Waals surface area contributed by atoms with Crippen molar-refractivity contribution < 1.29 is 18.0 Å². The van der Waals surface area contributed by atoms with E-state index >= 15 is 0 Å². The van der Waals surface area contributed by atoms with E-state index < -0.39 is 23.7 Å². The first-order valence-electron chi connectivity index (χ1n) is 5.43. The van der Waals surface area contributed by atoms with Crippen LogP contribution in [0.25, 0.3) is 0 Å². The molecule has 0 heterocycles. The third-order valence-electron chi connectivity index (χ3n) is 2.92. The highest BCUT2D eigenvalue weighted by Gasteiger charge is 2.46. The first kappa shape index (κ1) is 13.4. The second-order valence-corrected chi connectivity index (χ2v) is 5.37. The molecule has 1 amide bonds. The van der Waals surface area contributed by atoms with Crippen LogP contribution in [0.4, 0.5) is 13.2 Å². The van der Waals surface area contributed by atoms with Gasteiger partial charge in [0.25, 0.3) is 11.8 Å². The van der Waals surface area contributed by atoms with E-state index in [2.05, 4.69) is 21.2 Å². The van der Waals surface area contributed by atoms with Gasteiger partial charge >= 0.3 is 0 Å². The van der Waals surface area contributed by atoms with E-state index in [1.807, 2.05) is 0 Å². The fraction of sp³-hybridized carbons (Fsp3) is 0.417. The van der Waals surface area contributed by atoms with E-state index in [4.69, 9.17) is 0 Å². The van der Waals surface area contributed by atoms with Gasteiger partial charge in [0.05, 0.1) is 5.56 Å². The van der Waals surface area contributed by atoms with Gasteiger partial charge in [-0.25, -0.2) is 13.2 Å². The molecule has 0 spiro atoms. The minimum absolute atomic E-state index is 0.120. The van der Waals surface area contributed by atoms with Gasteiger partial charge in [0.1, 0.15) is 5.82 Å². The molecule has 0 bridgehead atoms. The maximum Gasteiger partial charge on any atom is 0.254 e. The average molecular weight is 322 g/mol. The lowest BCUT2D eigenvalue weighted by atomic mass is 9.88. The third-order valence-corrected chi connectivity index (χ3v) is 3.77. The van der Waals surface area contributed by atoms with Gasteiger partial charge in [0.15, 0.2) is 0 Å². The standard InChI is InChI=1S/C12H11BrF3NO/c1-6-2-8(10(14)3-9(6)13)11(18)17-7-4-12(15,16)5-7/h2-3,7H,4-5H2,1H3,(H,17,18). The number of aryl methyl sites for hydroxylation is 1. The highest BCUT2D eigenvalue weighted by Crippen LogP contribution is 2.37. The van der Waals surface area contributed by atoms with Crippen LogP contribution < -0.4 is 5.32 Å². The number of halogens is 4. The smallest absolute Gasteiger partial charge is 0.254 e. The van der Waals surface area contributed by atoms with Crippen LogP contribution >= 0.6 is 15.9 Å². The summed E-state index contributed by atoms with van der Waals surface area (Å²) < 4.78 is 39.3. The molecule has 0 saturated heterocycles. The number of benzene rings is 1. The molecule has 0 aliphatic heterocycles. The van der Waals surface area contributed by atoms with Crippen molar-refractivity contribution in [1.29, 1.82) is 0 Å². The Bertz CT molecular complexity index is 496. The van der Waals surface area contributed by atoms with Gasteiger partial charge in [-0.3, -0.25) is 4.79 Å². The predicted molar refractivity (Wildman–Crippen MR) is 64.3 cm³/mol.